The minimum Gasteiger partial charge on any atom is -0.456 e. The van der Waals surface area contributed by atoms with Crippen molar-refractivity contribution in [3.63, 3.8) is 0 Å². The van der Waals surface area contributed by atoms with E-state index in [1.807, 2.05) is 0 Å². The molecular formula is C31H49F3O2. The van der Waals surface area contributed by atoms with Gasteiger partial charge in [0, 0.05) is 0 Å². The number of carbonyl (C=O) groups excluding carboxylic acids is 1. The van der Waals surface area contributed by atoms with Crippen molar-refractivity contribution in [3.05, 3.63) is 11.6 Å². The van der Waals surface area contributed by atoms with Crippen molar-refractivity contribution in [3.8, 4) is 0 Å². The minimum atomic E-state index is -4.91. The van der Waals surface area contributed by atoms with Crippen molar-refractivity contribution >= 4 is 5.97 Å². The van der Waals surface area contributed by atoms with Crippen molar-refractivity contribution in [2.24, 2.45) is 52.3 Å². The van der Waals surface area contributed by atoms with Gasteiger partial charge in [0.25, 0.3) is 0 Å². The van der Waals surface area contributed by atoms with E-state index in [0.29, 0.717) is 36.0 Å². The van der Waals surface area contributed by atoms with Crippen LogP contribution in [0, 0.1) is 52.3 Å². The van der Waals surface area contributed by atoms with Crippen molar-refractivity contribution in [1.29, 1.82) is 0 Å². The van der Waals surface area contributed by atoms with Crippen LogP contribution in [0.4, 0.5) is 13.2 Å². The van der Waals surface area contributed by atoms with Crippen LogP contribution in [0.2, 0.25) is 0 Å². The molecule has 2 nitrogen and oxygen atoms in total. The molecule has 4 aliphatic carbocycles. The molecule has 0 aromatic heterocycles. The first kappa shape index (κ1) is 28.0. The highest BCUT2D eigenvalue weighted by Crippen LogP contribution is 2.67. The lowest BCUT2D eigenvalue weighted by atomic mass is 9.47. The van der Waals surface area contributed by atoms with Gasteiger partial charge >= 0.3 is 12.1 Å². The van der Waals surface area contributed by atoms with Crippen molar-refractivity contribution in [2.75, 3.05) is 0 Å². The van der Waals surface area contributed by atoms with Gasteiger partial charge in [-0.3, -0.25) is 0 Å². The lowest BCUT2D eigenvalue weighted by molar-refractivity contribution is -0.208. The molecule has 206 valence electrons. The molecule has 5 heteroatoms. The summed E-state index contributed by atoms with van der Waals surface area (Å²) in [5, 5.41) is 0. The molecule has 9 atom stereocenters. The first-order valence-electron chi connectivity index (χ1n) is 14.8. The summed E-state index contributed by atoms with van der Waals surface area (Å²) in [6.07, 6.45) is 8.91. The number of alkyl halides is 3. The van der Waals surface area contributed by atoms with Crippen LogP contribution < -0.4 is 0 Å². The van der Waals surface area contributed by atoms with Gasteiger partial charge in [0.2, 0.25) is 0 Å². The standard InChI is InChI=1S/C31H49F3O2/c1-7-21(19(2)3)9-8-20(4)25-12-13-26-24-11-10-22-18-23(36-28(35)31(32,33)34)14-16-29(22,5)27(24)15-17-30(25,26)6/h11,19-23,25-27H,7-10,12-18H2,1-6H3/t20-,21-,22?,23?,25-,26+,27+,29+,30-/m1/s1. The van der Waals surface area contributed by atoms with Gasteiger partial charge in [-0.2, -0.15) is 13.2 Å². The molecule has 3 saturated carbocycles. The molecule has 0 amide bonds. The molecule has 0 bridgehead atoms. The number of allylic oxidation sites excluding steroid dienone is 2. The third kappa shape index (κ3) is 5.03. The Morgan fingerprint density at radius 3 is 2.33 bits per heavy atom. The Morgan fingerprint density at radius 1 is 1.03 bits per heavy atom. The third-order valence-corrected chi connectivity index (χ3v) is 11.8. The first-order chi connectivity index (χ1) is 16.8. The number of ether oxygens (including phenoxy) is 1. The largest absolute Gasteiger partial charge is 0.490 e. The number of hydrogen-bond donors (Lipinski definition) is 0. The molecule has 0 N–H and O–H groups in total. The minimum absolute atomic E-state index is 0.113. The van der Waals surface area contributed by atoms with Crippen LogP contribution in [0.25, 0.3) is 0 Å². The Hall–Kier alpha value is -1.00. The lowest BCUT2D eigenvalue weighted by Gasteiger charge is -2.58. The molecule has 4 rings (SSSR count). The number of esters is 1. The average Bonchev–Trinajstić information content (AvgIpc) is 3.16. The van der Waals surface area contributed by atoms with Crippen molar-refractivity contribution in [1.82, 2.24) is 0 Å². The number of fused-ring (bicyclic) bond motifs is 5. The second kappa shape index (κ2) is 10.3. The molecule has 4 aliphatic rings. The summed E-state index contributed by atoms with van der Waals surface area (Å²) in [6, 6.07) is 0. The molecule has 0 aromatic carbocycles. The first-order valence-corrected chi connectivity index (χ1v) is 14.8. The maximum Gasteiger partial charge on any atom is 0.490 e. The van der Waals surface area contributed by atoms with Crippen molar-refractivity contribution < 1.29 is 22.7 Å². The van der Waals surface area contributed by atoms with Gasteiger partial charge in [0.1, 0.15) is 6.10 Å². The van der Waals surface area contributed by atoms with Crippen LogP contribution in [-0.2, 0) is 9.53 Å². The van der Waals surface area contributed by atoms with Gasteiger partial charge in [-0.05, 0) is 110 Å². The van der Waals surface area contributed by atoms with Gasteiger partial charge < -0.3 is 4.74 Å². The normalized spacial score (nSPS) is 40.1. The highest BCUT2D eigenvalue weighted by Gasteiger charge is 2.58. The summed E-state index contributed by atoms with van der Waals surface area (Å²) in [4.78, 5) is 11.4. The predicted molar refractivity (Wildman–Crippen MR) is 138 cm³/mol. The molecule has 2 unspecified atom stereocenters. The third-order valence-electron chi connectivity index (χ3n) is 11.8. The SMILES string of the molecule is CC[C@H](CC[C@@H](C)[C@H]1CC[C@H]2C3=CCC4CC(OC(=O)C(F)(F)F)CC[C@]4(C)[C@H]3CC[C@]12C)C(C)C. The van der Waals surface area contributed by atoms with Gasteiger partial charge in [-0.1, -0.05) is 66.0 Å². The maximum atomic E-state index is 12.7. The summed E-state index contributed by atoms with van der Waals surface area (Å²) >= 11 is 0. The van der Waals surface area contributed by atoms with E-state index in [9.17, 15) is 18.0 Å². The van der Waals surface area contributed by atoms with Crippen LogP contribution >= 0.6 is 0 Å². The molecule has 0 radical (unpaired) electrons. The Morgan fingerprint density at radius 2 is 1.69 bits per heavy atom. The van der Waals surface area contributed by atoms with Gasteiger partial charge in [0.05, 0.1) is 0 Å². The van der Waals surface area contributed by atoms with Crippen LogP contribution in [-0.4, -0.2) is 18.2 Å². The average molecular weight is 511 g/mol. The monoisotopic (exact) mass is 510 g/mol. The number of hydrogen-bond acceptors (Lipinski definition) is 2. The molecule has 3 fully saturated rings. The molecule has 0 spiro atoms. The van der Waals surface area contributed by atoms with E-state index in [4.69, 9.17) is 4.74 Å². The highest BCUT2D eigenvalue weighted by molar-refractivity contribution is 5.75. The van der Waals surface area contributed by atoms with Gasteiger partial charge in [-0.25, -0.2) is 4.79 Å². The Labute approximate surface area is 217 Å². The summed E-state index contributed by atoms with van der Waals surface area (Å²) in [7, 11) is 0. The predicted octanol–water partition coefficient (Wildman–Crippen LogP) is 9.14. The molecule has 0 heterocycles. The van der Waals surface area contributed by atoms with Crippen LogP contribution in [0.5, 0.6) is 0 Å². The number of carbonyl (C=O) groups is 1. The summed E-state index contributed by atoms with van der Waals surface area (Å²) in [5.41, 5.74) is 2.17. The fourth-order valence-electron chi connectivity index (χ4n) is 9.46. The molecular weight excluding hydrogens is 461 g/mol. The zero-order chi connectivity index (χ0) is 26.5. The summed E-state index contributed by atoms with van der Waals surface area (Å²) in [6.45, 7) is 14.5. The fraction of sp³-hybridized carbons (Fsp3) is 0.903. The summed E-state index contributed by atoms with van der Waals surface area (Å²) < 4.78 is 43.1. The van der Waals surface area contributed by atoms with E-state index >= 15 is 0 Å². The smallest absolute Gasteiger partial charge is 0.456 e. The maximum absolute atomic E-state index is 12.7. The zero-order valence-corrected chi connectivity index (χ0v) is 23.4. The molecule has 0 saturated heterocycles. The van der Waals surface area contributed by atoms with E-state index in [1.165, 1.54) is 44.9 Å². The number of halogens is 3. The molecule has 0 aliphatic heterocycles. The fourth-order valence-corrected chi connectivity index (χ4v) is 9.46. The topological polar surface area (TPSA) is 26.3 Å². The van der Waals surface area contributed by atoms with E-state index in [2.05, 4.69) is 47.6 Å². The second-order valence-electron chi connectivity index (χ2n) is 13.7. The van der Waals surface area contributed by atoms with E-state index in [-0.39, 0.29) is 5.41 Å². The zero-order valence-electron chi connectivity index (χ0n) is 23.4. The number of rotatable bonds is 7. The Kier molecular flexibility index (Phi) is 8.00. The lowest BCUT2D eigenvalue weighted by Crippen LogP contribution is -2.50. The van der Waals surface area contributed by atoms with Crippen LogP contribution in [0.1, 0.15) is 112 Å². The summed E-state index contributed by atoms with van der Waals surface area (Å²) in [5.74, 6) is 2.61. The van der Waals surface area contributed by atoms with Crippen molar-refractivity contribution in [2.45, 2.75) is 124 Å². The van der Waals surface area contributed by atoms with Crippen LogP contribution in [0.15, 0.2) is 11.6 Å². The Bertz CT molecular complexity index is 832. The molecule has 36 heavy (non-hydrogen) atoms. The van der Waals surface area contributed by atoms with E-state index in [1.54, 1.807) is 5.57 Å². The molecule has 0 aromatic rings. The second-order valence-corrected chi connectivity index (χ2v) is 13.7. The Balaban J connectivity index is 1.44. The van der Waals surface area contributed by atoms with E-state index in [0.717, 1.165) is 36.5 Å². The van der Waals surface area contributed by atoms with Crippen LogP contribution in [0.3, 0.4) is 0 Å². The van der Waals surface area contributed by atoms with E-state index < -0.39 is 18.2 Å². The van der Waals surface area contributed by atoms with Gasteiger partial charge in [0.15, 0.2) is 0 Å². The highest BCUT2D eigenvalue weighted by atomic mass is 19.4. The quantitative estimate of drug-likeness (QED) is 0.252. The van der Waals surface area contributed by atoms with Gasteiger partial charge in [-0.15, -0.1) is 0 Å².